The van der Waals surface area contributed by atoms with Crippen molar-refractivity contribution in [2.45, 2.75) is 0 Å². The highest BCUT2D eigenvalue weighted by molar-refractivity contribution is 5.30. The van der Waals surface area contributed by atoms with Crippen molar-refractivity contribution < 1.29 is 4.74 Å². The number of nitrogens with one attached hydrogen (secondary N) is 1. The van der Waals surface area contributed by atoms with Crippen LogP contribution in [-0.4, -0.2) is 55.5 Å². The number of nitrogens with zero attached hydrogens (tertiary/aromatic N) is 3. The van der Waals surface area contributed by atoms with Crippen LogP contribution in [0.3, 0.4) is 0 Å². The molecule has 0 amide bonds. The van der Waals surface area contributed by atoms with Crippen molar-refractivity contribution >= 4 is 5.82 Å². The smallest absolute Gasteiger partial charge is 0.148 e. The van der Waals surface area contributed by atoms with Crippen molar-refractivity contribution in [2.75, 3.05) is 45.7 Å². The van der Waals surface area contributed by atoms with Crippen molar-refractivity contribution in [3.05, 3.63) is 18.3 Å². The molecule has 15 heavy (non-hydrogen) atoms. The van der Waals surface area contributed by atoms with E-state index < -0.39 is 0 Å². The van der Waals surface area contributed by atoms with Gasteiger partial charge in [-0.1, -0.05) is 0 Å². The first kappa shape index (κ1) is 11.9. The Morgan fingerprint density at radius 1 is 1.40 bits per heavy atom. The Labute approximate surface area is 90.5 Å². The zero-order chi connectivity index (χ0) is 10.9. The number of hydrogen-bond acceptors (Lipinski definition) is 5. The average Bonchev–Trinajstić information content (AvgIpc) is 2.24. The second-order valence-corrected chi connectivity index (χ2v) is 3.45. The molecule has 0 aliphatic carbocycles. The molecule has 1 N–H and O–H groups in total. The fourth-order valence-electron chi connectivity index (χ4n) is 0.996. The second-order valence-electron chi connectivity index (χ2n) is 3.45. The van der Waals surface area contributed by atoms with Crippen molar-refractivity contribution in [1.29, 1.82) is 0 Å². The summed E-state index contributed by atoms with van der Waals surface area (Å²) in [4.78, 5) is 2.09. The molecule has 0 aliphatic rings. The van der Waals surface area contributed by atoms with E-state index in [0.717, 1.165) is 25.5 Å². The van der Waals surface area contributed by atoms with Crippen LogP contribution in [0.25, 0.3) is 0 Å². The Hall–Kier alpha value is -1.20. The van der Waals surface area contributed by atoms with Crippen molar-refractivity contribution in [2.24, 2.45) is 0 Å². The summed E-state index contributed by atoms with van der Waals surface area (Å²) in [7, 11) is 4.06. The SMILES string of the molecule is CN(C)CCOCCNc1cccnn1. The number of likely N-dealkylation sites (N-methyl/N-ethyl adjacent to an activating group) is 1. The van der Waals surface area contributed by atoms with Crippen LogP contribution in [0.15, 0.2) is 18.3 Å². The molecule has 0 aromatic carbocycles. The van der Waals surface area contributed by atoms with E-state index in [2.05, 4.69) is 20.4 Å². The van der Waals surface area contributed by atoms with E-state index in [1.165, 1.54) is 0 Å². The van der Waals surface area contributed by atoms with Gasteiger partial charge in [-0.2, -0.15) is 5.10 Å². The second kappa shape index (κ2) is 7.14. The Morgan fingerprint density at radius 3 is 2.93 bits per heavy atom. The zero-order valence-electron chi connectivity index (χ0n) is 9.31. The quantitative estimate of drug-likeness (QED) is 0.663. The van der Waals surface area contributed by atoms with E-state index in [4.69, 9.17) is 4.74 Å². The minimum Gasteiger partial charge on any atom is -0.378 e. The third kappa shape index (κ3) is 5.98. The predicted molar refractivity (Wildman–Crippen MR) is 59.9 cm³/mol. The molecule has 1 aromatic heterocycles. The predicted octanol–water partition coefficient (Wildman–Crippen LogP) is 0.467. The van der Waals surface area contributed by atoms with Gasteiger partial charge in [0.15, 0.2) is 0 Å². The summed E-state index contributed by atoms with van der Waals surface area (Å²) in [6.07, 6.45) is 1.65. The largest absolute Gasteiger partial charge is 0.378 e. The summed E-state index contributed by atoms with van der Waals surface area (Å²) in [5.74, 6) is 0.786. The molecule has 0 radical (unpaired) electrons. The zero-order valence-corrected chi connectivity index (χ0v) is 9.31. The highest BCUT2D eigenvalue weighted by atomic mass is 16.5. The highest BCUT2D eigenvalue weighted by Crippen LogP contribution is 1.95. The molecule has 0 saturated carbocycles. The average molecular weight is 210 g/mol. The monoisotopic (exact) mass is 210 g/mol. The van der Waals surface area contributed by atoms with Crippen LogP contribution >= 0.6 is 0 Å². The Morgan fingerprint density at radius 2 is 2.27 bits per heavy atom. The molecule has 0 unspecified atom stereocenters. The van der Waals surface area contributed by atoms with Crippen LogP contribution in [0.2, 0.25) is 0 Å². The maximum absolute atomic E-state index is 5.41. The number of ether oxygens (including phenoxy) is 1. The molecule has 1 rings (SSSR count). The van der Waals surface area contributed by atoms with Gasteiger partial charge in [-0.15, -0.1) is 5.10 Å². The van der Waals surface area contributed by atoms with Crippen LogP contribution < -0.4 is 5.32 Å². The molecule has 5 heteroatoms. The summed E-state index contributed by atoms with van der Waals surface area (Å²) < 4.78 is 5.41. The lowest BCUT2D eigenvalue weighted by Gasteiger charge is -2.10. The standard InChI is InChI=1S/C10H18N4O/c1-14(2)7-9-15-8-6-11-10-4-3-5-12-13-10/h3-5H,6-9H2,1-2H3,(H,11,13). The van der Waals surface area contributed by atoms with Gasteiger partial charge in [0, 0.05) is 19.3 Å². The lowest BCUT2D eigenvalue weighted by Crippen LogP contribution is -2.20. The topological polar surface area (TPSA) is 50.3 Å². The molecule has 0 spiro atoms. The van der Waals surface area contributed by atoms with Crippen molar-refractivity contribution in [3.63, 3.8) is 0 Å². The minimum atomic E-state index is 0.685. The molecule has 84 valence electrons. The van der Waals surface area contributed by atoms with E-state index in [9.17, 15) is 0 Å². The first-order valence-electron chi connectivity index (χ1n) is 5.03. The number of anilines is 1. The summed E-state index contributed by atoms with van der Waals surface area (Å²) >= 11 is 0. The molecule has 0 fully saturated rings. The van der Waals surface area contributed by atoms with Gasteiger partial charge >= 0.3 is 0 Å². The molecular formula is C10H18N4O. The van der Waals surface area contributed by atoms with E-state index in [1.54, 1.807) is 6.20 Å². The number of hydrogen-bond donors (Lipinski definition) is 1. The van der Waals surface area contributed by atoms with Gasteiger partial charge in [0.2, 0.25) is 0 Å². The third-order valence-corrected chi connectivity index (χ3v) is 1.81. The lowest BCUT2D eigenvalue weighted by atomic mass is 10.5. The minimum absolute atomic E-state index is 0.685. The van der Waals surface area contributed by atoms with Gasteiger partial charge in [0.1, 0.15) is 5.82 Å². The van der Waals surface area contributed by atoms with Crippen molar-refractivity contribution in [3.8, 4) is 0 Å². The first-order chi connectivity index (χ1) is 7.29. The van der Waals surface area contributed by atoms with Crippen LogP contribution in [0.4, 0.5) is 5.82 Å². The molecule has 0 atom stereocenters. The first-order valence-corrected chi connectivity index (χ1v) is 5.03. The van der Waals surface area contributed by atoms with Gasteiger partial charge in [0.05, 0.1) is 13.2 Å². The van der Waals surface area contributed by atoms with Gasteiger partial charge in [0.25, 0.3) is 0 Å². The molecule has 0 saturated heterocycles. The van der Waals surface area contributed by atoms with Crippen LogP contribution in [0.5, 0.6) is 0 Å². The maximum atomic E-state index is 5.41. The molecule has 1 heterocycles. The van der Waals surface area contributed by atoms with Crippen LogP contribution in [0.1, 0.15) is 0 Å². The van der Waals surface area contributed by atoms with Gasteiger partial charge in [-0.25, -0.2) is 0 Å². The molecule has 0 aliphatic heterocycles. The normalized spacial score (nSPS) is 10.6. The fourth-order valence-corrected chi connectivity index (χ4v) is 0.996. The summed E-state index contributed by atoms with van der Waals surface area (Å²) in [5, 5.41) is 10.8. The Bertz CT molecular complexity index is 253. The lowest BCUT2D eigenvalue weighted by molar-refractivity contribution is 0.126. The number of rotatable bonds is 7. The highest BCUT2D eigenvalue weighted by Gasteiger charge is 1.93. The summed E-state index contributed by atoms with van der Waals surface area (Å²) in [6.45, 7) is 3.15. The summed E-state index contributed by atoms with van der Waals surface area (Å²) in [6, 6.07) is 3.73. The Balaban J connectivity index is 1.98. The maximum Gasteiger partial charge on any atom is 0.148 e. The van der Waals surface area contributed by atoms with Gasteiger partial charge in [-0.3, -0.25) is 0 Å². The van der Waals surface area contributed by atoms with Crippen LogP contribution in [-0.2, 0) is 4.74 Å². The van der Waals surface area contributed by atoms with E-state index in [1.807, 2.05) is 26.2 Å². The van der Waals surface area contributed by atoms with E-state index in [0.29, 0.717) is 6.61 Å². The number of aromatic nitrogens is 2. The van der Waals surface area contributed by atoms with Gasteiger partial charge in [-0.05, 0) is 26.2 Å². The van der Waals surface area contributed by atoms with Gasteiger partial charge < -0.3 is 15.0 Å². The molecule has 5 nitrogen and oxygen atoms in total. The fraction of sp³-hybridized carbons (Fsp3) is 0.600. The Kier molecular flexibility index (Phi) is 5.65. The van der Waals surface area contributed by atoms with E-state index >= 15 is 0 Å². The van der Waals surface area contributed by atoms with E-state index in [-0.39, 0.29) is 0 Å². The third-order valence-electron chi connectivity index (χ3n) is 1.81. The van der Waals surface area contributed by atoms with Crippen LogP contribution in [0, 0.1) is 0 Å². The summed E-state index contributed by atoms with van der Waals surface area (Å²) in [5.41, 5.74) is 0. The molecule has 0 bridgehead atoms. The van der Waals surface area contributed by atoms with Crippen molar-refractivity contribution in [1.82, 2.24) is 15.1 Å². The molecule has 1 aromatic rings. The molecular weight excluding hydrogens is 192 g/mol.